The molecule has 2 amide bonds. The van der Waals surface area contributed by atoms with Gasteiger partial charge in [0.15, 0.2) is 10.9 Å². The van der Waals surface area contributed by atoms with E-state index in [-0.39, 0.29) is 11.9 Å². The molecule has 1 aromatic carbocycles. The first-order valence-corrected chi connectivity index (χ1v) is 8.54. The van der Waals surface area contributed by atoms with Crippen LogP contribution in [0.3, 0.4) is 0 Å². The van der Waals surface area contributed by atoms with Gasteiger partial charge in [-0.15, -0.1) is 0 Å². The highest BCUT2D eigenvalue weighted by Crippen LogP contribution is 2.27. The highest BCUT2D eigenvalue weighted by Gasteiger charge is 2.32. The summed E-state index contributed by atoms with van der Waals surface area (Å²) in [4.78, 5) is 16.4. The Morgan fingerprint density at radius 2 is 2.13 bits per heavy atom. The molecule has 0 aliphatic carbocycles. The maximum atomic E-state index is 12.0. The number of nitrogens with one attached hydrogen (secondary N) is 2. The van der Waals surface area contributed by atoms with E-state index >= 15 is 0 Å². The number of fused-ring (bicyclic) bond motifs is 1. The summed E-state index contributed by atoms with van der Waals surface area (Å²) in [6.45, 7) is 5.83. The van der Waals surface area contributed by atoms with Gasteiger partial charge in [-0.2, -0.15) is 0 Å². The molecule has 124 valence electrons. The summed E-state index contributed by atoms with van der Waals surface area (Å²) in [6.07, 6.45) is 0.744. The van der Waals surface area contributed by atoms with Gasteiger partial charge in [0.05, 0.1) is 23.4 Å². The van der Waals surface area contributed by atoms with Crippen molar-refractivity contribution in [1.82, 2.24) is 10.3 Å². The van der Waals surface area contributed by atoms with Crippen molar-refractivity contribution in [2.45, 2.75) is 26.1 Å². The van der Waals surface area contributed by atoms with Gasteiger partial charge in [0.25, 0.3) is 0 Å². The van der Waals surface area contributed by atoms with Crippen molar-refractivity contribution in [2.24, 2.45) is 5.92 Å². The number of amides is 2. The number of hydrogen-bond donors (Lipinski definition) is 2. The van der Waals surface area contributed by atoms with Gasteiger partial charge in [-0.1, -0.05) is 30.4 Å². The molecule has 2 N–H and O–H groups in total. The van der Waals surface area contributed by atoms with E-state index in [4.69, 9.17) is 9.47 Å². The number of carbonyl (C=O) groups excluding carboxylic acids is 1. The number of carbonyl (C=O) groups is 1. The SMILES string of the molecule is C[C@H](CNC(=O)Nc1nc2ccccc2s1)CC1(C)OCCO1. The van der Waals surface area contributed by atoms with E-state index in [1.807, 2.05) is 31.2 Å². The topological polar surface area (TPSA) is 72.5 Å². The highest BCUT2D eigenvalue weighted by molar-refractivity contribution is 7.22. The predicted molar refractivity (Wildman–Crippen MR) is 90.7 cm³/mol. The molecule has 23 heavy (non-hydrogen) atoms. The third kappa shape index (κ3) is 4.19. The Morgan fingerprint density at radius 3 is 2.87 bits per heavy atom. The zero-order chi connectivity index (χ0) is 16.3. The summed E-state index contributed by atoms with van der Waals surface area (Å²) in [5, 5.41) is 6.26. The van der Waals surface area contributed by atoms with Crippen LogP contribution in [0.2, 0.25) is 0 Å². The molecule has 2 heterocycles. The van der Waals surface area contributed by atoms with Crippen LogP contribution in [0.15, 0.2) is 24.3 Å². The molecule has 1 aliphatic rings. The largest absolute Gasteiger partial charge is 0.348 e. The number of aromatic nitrogens is 1. The van der Waals surface area contributed by atoms with Crippen LogP contribution in [0.25, 0.3) is 10.2 Å². The summed E-state index contributed by atoms with van der Waals surface area (Å²) < 4.78 is 12.2. The molecule has 0 saturated carbocycles. The van der Waals surface area contributed by atoms with E-state index < -0.39 is 5.79 Å². The van der Waals surface area contributed by atoms with Crippen molar-refractivity contribution in [3.8, 4) is 0 Å². The van der Waals surface area contributed by atoms with Crippen LogP contribution < -0.4 is 10.6 Å². The van der Waals surface area contributed by atoms with E-state index in [2.05, 4.69) is 22.5 Å². The Bertz CT molecular complexity index is 649. The minimum absolute atomic E-state index is 0.241. The number of anilines is 1. The smallest absolute Gasteiger partial charge is 0.321 e. The van der Waals surface area contributed by atoms with Crippen LogP contribution in [0.1, 0.15) is 20.3 Å². The van der Waals surface area contributed by atoms with Gasteiger partial charge in [0, 0.05) is 13.0 Å². The van der Waals surface area contributed by atoms with Gasteiger partial charge in [-0.25, -0.2) is 9.78 Å². The van der Waals surface area contributed by atoms with Crippen LogP contribution in [0, 0.1) is 5.92 Å². The lowest BCUT2D eigenvalue weighted by Crippen LogP contribution is -2.36. The van der Waals surface area contributed by atoms with E-state index in [1.54, 1.807) is 0 Å². The maximum absolute atomic E-state index is 12.0. The molecule has 1 atom stereocenters. The number of para-hydroxylation sites is 1. The molecular formula is C16H21N3O3S. The maximum Gasteiger partial charge on any atom is 0.321 e. The number of hydrogen-bond acceptors (Lipinski definition) is 5. The van der Waals surface area contributed by atoms with Crippen LogP contribution in [0.5, 0.6) is 0 Å². The van der Waals surface area contributed by atoms with Gasteiger partial charge < -0.3 is 14.8 Å². The summed E-state index contributed by atoms with van der Waals surface area (Å²) in [5.74, 6) is -0.274. The first-order valence-electron chi connectivity index (χ1n) is 7.72. The van der Waals surface area contributed by atoms with Crippen LogP contribution >= 0.6 is 11.3 Å². The summed E-state index contributed by atoms with van der Waals surface area (Å²) in [7, 11) is 0. The summed E-state index contributed by atoms with van der Waals surface area (Å²) in [6, 6.07) is 7.57. The molecule has 6 nitrogen and oxygen atoms in total. The monoisotopic (exact) mass is 335 g/mol. The van der Waals surface area contributed by atoms with Crippen molar-refractivity contribution in [2.75, 3.05) is 25.1 Å². The van der Waals surface area contributed by atoms with E-state index in [1.165, 1.54) is 11.3 Å². The Balaban J connectivity index is 1.47. The molecule has 3 rings (SSSR count). The normalized spacial score (nSPS) is 18.0. The molecule has 0 radical (unpaired) electrons. The average molecular weight is 335 g/mol. The minimum Gasteiger partial charge on any atom is -0.348 e. The second-order valence-electron chi connectivity index (χ2n) is 5.96. The zero-order valence-corrected chi connectivity index (χ0v) is 14.1. The first kappa shape index (κ1) is 16.2. The van der Waals surface area contributed by atoms with Crippen LogP contribution in [0.4, 0.5) is 9.93 Å². The van der Waals surface area contributed by atoms with Gasteiger partial charge in [0.1, 0.15) is 0 Å². The lowest BCUT2D eigenvalue weighted by Gasteiger charge is -2.25. The van der Waals surface area contributed by atoms with Gasteiger partial charge in [0.2, 0.25) is 0 Å². The molecule has 1 fully saturated rings. The first-order chi connectivity index (χ1) is 11.0. The molecule has 2 aromatic rings. The Labute approximate surface area is 139 Å². The van der Waals surface area contributed by atoms with E-state index in [0.29, 0.717) is 24.9 Å². The van der Waals surface area contributed by atoms with Crippen LogP contribution in [-0.4, -0.2) is 36.6 Å². The summed E-state index contributed by atoms with van der Waals surface area (Å²) >= 11 is 1.46. The average Bonchev–Trinajstić information content (AvgIpc) is 3.10. The number of benzene rings is 1. The molecule has 0 spiro atoms. The number of ether oxygens (including phenoxy) is 2. The number of thiazole rings is 1. The zero-order valence-electron chi connectivity index (χ0n) is 13.3. The molecule has 1 aliphatic heterocycles. The molecular weight excluding hydrogens is 314 g/mol. The fourth-order valence-electron chi connectivity index (χ4n) is 2.71. The molecule has 7 heteroatoms. The van der Waals surface area contributed by atoms with Crippen molar-refractivity contribution in [1.29, 1.82) is 0 Å². The molecule has 0 bridgehead atoms. The van der Waals surface area contributed by atoms with E-state index in [0.717, 1.165) is 16.6 Å². The Morgan fingerprint density at radius 1 is 1.39 bits per heavy atom. The standard InChI is InChI=1S/C16H21N3O3S/c1-11(9-16(2)21-7-8-22-16)10-17-14(20)19-15-18-12-5-3-4-6-13(12)23-15/h3-6,11H,7-10H2,1-2H3,(H2,17,18,19,20)/t11-/m0/s1. The number of urea groups is 1. The molecule has 0 unspecified atom stereocenters. The molecule has 1 aromatic heterocycles. The van der Waals surface area contributed by atoms with Crippen LogP contribution in [-0.2, 0) is 9.47 Å². The fraction of sp³-hybridized carbons (Fsp3) is 0.500. The van der Waals surface area contributed by atoms with Crippen molar-refractivity contribution < 1.29 is 14.3 Å². The highest BCUT2D eigenvalue weighted by atomic mass is 32.1. The Kier molecular flexibility index (Phi) is 4.79. The number of rotatable bonds is 5. The third-order valence-corrected chi connectivity index (χ3v) is 4.69. The third-order valence-electron chi connectivity index (χ3n) is 3.74. The fourth-order valence-corrected chi connectivity index (χ4v) is 3.57. The predicted octanol–water partition coefficient (Wildman–Crippen LogP) is 3.21. The minimum atomic E-state index is -0.523. The van der Waals surface area contributed by atoms with Crippen molar-refractivity contribution >= 4 is 32.7 Å². The number of nitrogens with zero attached hydrogens (tertiary/aromatic N) is 1. The van der Waals surface area contributed by atoms with Gasteiger partial charge in [-0.05, 0) is 25.0 Å². The summed E-state index contributed by atoms with van der Waals surface area (Å²) in [5.41, 5.74) is 0.893. The second kappa shape index (κ2) is 6.82. The quantitative estimate of drug-likeness (QED) is 0.880. The van der Waals surface area contributed by atoms with Gasteiger partial charge >= 0.3 is 6.03 Å². The lowest BCUT2D eigenvalue weighted by atomic mass is 10.0. The van der Waals surface area contributed by atoms with E-state index in [9.17, 15) is 4.79 Å². The molecule has 1 saturated heterocycles. The second-order valence-corrected chi connectivity index (χ2v) is 6.99. The van der Waals surface area contributed by atoms with Gasteiger partial charge in [-0.3, -0.25) is 5.32 Å². The Hall–Kier alpha value is -1.70. The van der Waals surface area contributed by atoms with Crippen molar-refractivity contribution in [3.05, 3.63) is 24.3 Å². The van der Waals surface area contributed by atoms with Crippen molar-refractivity contribution in [3.63, 3.8) is 0 Å². The lowest BCUT2D eigenvalue weighted by molar-refractivity contribution is -0.153.